The van der Waals surface area contributed by atoms with E-state index in [4.69, 9.17) is 0 Å². The number of phenols is 2. The molecule has 0 aliphatic heterocycles. The van der Waals surface area contributed by atoms with Crippen molar-refractivity contribution in [2.24, 2.45) is 20.5 Å². The van der Waals surface area contributed by atoms with Crippen LogP contribution in [0.5, 0.6) is 11.5 Å². The van der Waals surface area contributed by atoms with E-state index in [1.165, 1.54) is 84.9 Å². The Hall–Kier alpha value is -1.57. The van der Waals surface area contributed by atoms with E-state index in [0.717, 1.165) is 12.1 Å². The average molecular weight is 638 g/mol. The number of azo groups is 2. The summed E-state index contributed by atoms with van der Waals surface area (Å²) in [6.45, 7) is 0. The smallest absolute Gasteiger partial charge is 0.744 e. The predicted molar refractivity (Wildman–Crippen MR) is 142 cm³/mol. The standard InChI is InChI=1S/C26H20N4O8S2.2Li.2Na/c31-23-11-7-19(8-12-23)27-29-21-5-3-17(25(15-21)39(33,34)35)1-2-18-4-6-22(16-26(18)40(36,37)38)30-28-20-9-13-24(32)14-10-20;;;;/h1-16,31-32H,(H,33,34,35)(H,36,37,38);;;;/q;4*+1/p-2/b2-1+,29-27?,30-28?;;;;. The number of nitrogens with zero attached hydrogens (tertiary/aromatic N) is 4. The van der Waals surface area contributed by atoms with Crippen molar-refractivity contribution < 1.29 is 133 Å². The quantitative estimate of drug-likeness (QED) is 0.0821. The van der Waals surface area contributed by atoms with Crippen LogP contribution in [-0.4, -0.2) is 36.2 Å². The van der Waals surface area contributed by atoms with Gasteiger partial charge in [0.25, 0.3) is 0 Å². The second kappa shape index (κ2) is 18.5. The summed E-state index contributed by atoms with van der Waals surface area (Å²) in [5.74, 6) is 0.0479. The number of aromatic hydroxyl groups is 2. The van der Waals surface area contributed by atoms with E-state index < -0.39 is 30.0 Å². The van der Waals surface area contributed by atoms with Crippen molar-refractivity contribution in [2.45, 2.75) is 9.79 Å². The van der Waals surface area contributed by atoms with Crippen LogP contribution in [-0.2, 0) is 20.2 Å². The third-order valence-electron chi connectivity index (χ3n) is 5.24. The minimum absolute atomic E-state index is 0. The first kappa shape index (κ1) is 42.4. The van der Waals surface area contributed by atoms with Crippen LogP contribution < -0.4 is 96.8 Å². The average Bonchev–Trinajstić information content (AvgIpc) is 2.90. The van der Waals surface area contributed by atoms with Crippen molar-refractivity contribution in [1.82, 2.24) is 0 Å². The first-order chi connectivity index (χ1) is 18.9. The summed E-state index contributed by atoms with van der Waals surface area (Å²) >= 11 is 0. The predicted octanol–water partition coefficient (Wildman–Crippen LogP) is -6.08. The van der Waals surface area contributed by atoms with Crippen LogP contribution in [0.4, 0.5) is 22.7 Å². The molecule has 0 aromatic heterocycles. The van der Waals surface area contributed by atoms with Gasteiger partial charge < -0.3 is 19.3 Å². The Bertz CT molecular complexity index is 1740. The molecule has 4 rings (SSSR count). The number of phenolic OH excluding ortho intramolecular Hbond substituents is 2. The maximum absolute atomic E-state index is 11.9. The topological polar surface area (TPSA) is 204 Å². The number of benzene rings is 4. The fourth-order valence-electron chi connectivity index (χ4n) is 3.33. The molecule has 0 unspecified atom stereocenters. The summed E-state index contributed by atoms with van der Waals surface area (Å²) in [5.41, 5.74) is 0.667. The van der Waals surface area contributed by atoms with Crippen molar-refractivity contribution in [3.8, 4) is 11.5 Å². The molecule has 2 N–H and O–H groups in total. The third-order valence-corrected chi connectivity index (χ3v) is 7.02. The van der Waals surface area contributed by atoms with Crippen molar-refractivity contribution in [2.75, 3.05) is 0 Å². The molecule has 0 spiro atoms. The SMILES string of the molecule is O=S(=O)([O-])c1cc(N=Nc2ccc(O)cc2)ccc1/C=C/c1ccc(N=Nc2ccc(O)cc2)cc1S(=O)(=O)[O-].[Li+].[Li+].[Na+].[Na+]. The molecule has 0 fully saturated rings. The van der Waals surface area contributed by atoms with Gasteiger partial charge in [0, 0.05) is 0 Å². The Balaban J connectivity index is 0.00000462. The molecule has 18 heteroatoms. The Morgan fingerprint density at radius 3 is 1.07 bits per heavy atom. The second-order valence-corrected chi connectivity index (χ2v) is 10.8. The van der Waals surface area contributed by atoms with Gasteiger partial charge in [-0.05, 0) is 83.9 Å². The Morgan fingerprint density at radius 1 is 0.500 bits per heavy atom. The van der Waals surface area contributed by atoms with E-state index in [1.807, 2.05) is 0 Å². The zero-order valence-corrected chi connectivity index (χ0v) is 29.8. The van der Waals surface area contributed by atoms with Gasteiger partial charge in [-0.2, -0.15) is 20.5 Å². The molecule has 44 heavy (non-hydrogen) atoms. The van der Waals surface area contributed by atoms with Crippen molar-refractivity contribution in [1.29, 1.82) is 0 Å². The molecular weight excluding hydrogens is 620 g/mol. The van der Waals surface area contributed by atoms with Crippen LogP contribution >= 0.6 is 0 Å². The zero-order valence-electron chi connectivity index (χ0n) is 24.2. The van der Waals surface area contributed by atoms with Crippen LogP contribution in [0.2, 0.25) is 0 Å². The Labute approximate surface area is 322 Å². The Kier molecular flexibility index (Phi) is 17.9. The minimum Gasteiger partial charge on any atom is -0.744 e. The van der Waals surface area contributed by atoms with Gasteiger partial charge in [0.15, 0.2) is 0 Å². The van der Waals surface area contributed by atoms with Crippen molar-refractivity contribution in [3.05, 3.63) is 96.1 Å². The summed E-state index contributed by atoms with van der Waals surface area (Å²) in [4.78, 5) is -1.28. The molecule has 4 aromatic carbocycles. The molecular formula is C26H18Li2N4Na2O8S2+2. The normalized spacial score (nSPS) is 11.4. The molecule has 0 saturated heterocycles. The van der Waals surface area contributed by atoms with Crippen LogP contribution in [0.15, 0.2) is 115 Å². The molecule has 0 heterocycles. The van der Waals surface area contributed by atoms with Crippen LogP contribution in [0.3, 0.4) is 0 Å². The summed E-state index contributed by atoms with van der Waals surface area (Å²) in [5, 5.41) is 34.3. The molecule has 0 radical (unpaired) electrons. The van der Waals surface area contributed by atoms with Crippen LogP contribution in [0.1, 0.15) is 11.1 Å². The first-order valence-electron chi connectivity index (χ1n) is 11.2. The molecule has 0 amide bonds. The zero-order chi connectivity index (χ0) is 28.9. The van der Waals surface area contributed by atoms with E-state index in [9.17, 15) is 36.2 Å². The second-order valence-electron chi connectivity index (χ2n) is 8.12. The van der Waals surface area contributed by atoms with E-state index in [-0.39, 0.29) is 131 Å². The van der Waals surface area contributed by atoms with Gasteiger partial charge >= 0.3 is 96.8 Å². The number of hydrogen-bond acceptors (Lipinski definition) is 12. The molecule has 0 saturated carbocycles. The summed E-state index contributed by atoms with van der Waals surface area (Å²) in [6.07, 6.45) is 2.35. The third kappa shape index (κ3) is 12.3. The maximum Gasteiger partial charge on any atom is 1.00 e. The van der Waals surface area contributed by atoms with Gasteiger partial charge in [-0.1, -0.05) is 24.3 Å². The number of rotatable bonds is 8. The largest absolute Gasteiger partial charge is 1.00 e. The molecule has 204 valence electrons. The van der Waals surface area contributed by atoms with Gasteiger partial charge in [-0.15, -0.1) is 0 Å². The van der Waals surface area contributed by atoms with E-state index in [1.54, 1.807) is 0 Å². The van der Waals surface area contributed by atoms with Crippen molar-refractivity contribution in [3.63, 3.8) is 0 Å². The van der Waals surface area contributed by atoms with E-state index in [2.05, 4.69) is 20.5 Å². The fourth-order valence-corrected chi connectivity index (χ4v) is 4.71. The fraction of sp³-hybridized carbons (Fsp3) is 0. The first-order valence-corrected chi connectivity index (χ1v) is 14.0. The van der Waals surface area contributed by atoms with Gasteiger partial charge in [-0.25, -0.2) is 16.8 Å². The molecule has 0 bridgehead atoms. The molecule has 4 aromatic rings. The summed E-state index contributed by atoms with van der Waals surface area (Å²) in [6, 6.07) is 18.8. The van der Waals surface area contributed by atoms with Crippen LogP contribution in [0.25, 0.3) is 12.2 Å². The van der Waals surface area contributed by atoms with Crippen LogP contribution in [0, 0.1) is 0 Å². The molecule has 0 atom stereocenters. The minimum atomic E-state index is -4.99. The molecule has 0 aliphatic carbocycles. The van der Waals surface area contributed by atoms with Gasteiger partial charge in [0.1, 0.15) is 31.7 Å². The Morgan fingerprint density at radius 2 is 0.773 bits per heavy atom. The monoisotopic (exact) mass is 638 g/mol. The van der Waals surface area contributed by atoms with Gasteiger partial charge in [0.05, 0.1) is 32.5 Å². The molecule has 0 aliphatic rings. The van der Waals surface area contributed by atoms with E-state index >= 15 is 0 Å². The van der Waals surface area contributed by atoms with Gasteiger partial charge in [0.2, 0.25) is 0 Å². The van der Waals surface area contributed by atoms with Crippen molar-refractivity contribution >= 4 is 55.1 Å². The maximum atomic E-state index is 11.9. The molecule has 12 nitrogen and oxygen atoms in total. The van der Waals surface area contributed by atoms with E-state index in [0.29, 0.717) is 11.4 Å². The summed E-state index contributed by atoms with van der Waals surface area (Å²) < 4.78 is 71.6. The van der Waals surface area contributed by atoms with Gasteiger partial charge in [-0.3, -0.25) is 0 Å². The number of hydrogen-bond donors (Lipinski definition) is 2. The summed E-state index contributed by atoms with van der Waals surface area (Å²) in [7, 11) is -9.98.